The van der Waals surface area contributed by atoms with Gasteiger partial charge in [0.25, 0.3) is 0 Å². The van der Waals surface area contributed by atoms with E-state index in [4.69, 9.17) is 4.52 Å². The van der Waals surface area contributed by atoms with Gasteiger partial charge in [0.2, 0.25) is 5.91 Å². The minimum Gasteiger partial charge on any atom is -0.361 e. The van der Waals surface area contributed by atoms with Crippen LogP contribution in [0.1, 0.15) is 50.5 Å². The standard InChI is InChI=1S/C15H24N2O3S/c1-11-8-14(17-20-11)10-21(19)12(2)15(18)16-9-13-6-4-3-5-7-13/h8,12-13H,3-7,9-10H2,1-2H3,(H,16,18)/t12-,21-/m0/s1. The number of rotatable bonds is 6. The van der Waals surface area contributed by atoms with Crippen LogP contribution < -0.4 is 5.32 Å². The molecule has 0 spiro atoms. The number of nitrogens with one attached hydrogen (secondary N) is 1. The molecule has 5 nitrogen and oxygen atoms in total. The molecule has 1 aromatic heterocycles. The third kappa shape index (κ3) is 4.95. The van der Waals surface area contributed by atoms with E-state index in [9.17, 15) is 9.00 Å². The summed E-state index contributed by atoms with van der Waals surface area (Å²) >= 11 is 0. The van der Waals surface area contributed by atoms with Gasteiger partial charge in [-0.15, -0.1) is 0 Å². The fraction of sp³-hybridized carbons (Fsp3) is 0.733. The molecule has 1 amide bonds. The number of aromatic nitrogens is 1. The normalized spacial score (nSPS) is 19.1. The van der Waals surface area contributed by atoms with Crippen LogP contribution in [0.25, 0.3) is 0 Å². The summed E-state index contributed by atoms with van der Waals surface area (Å²) in [6.45, 7) is 4.21. The Kier molecular flexibility index (Phi) is 5.96. The molecule has 2 atom stereocenters. The molecule has 0 aromatic carbocycles. The van der Waals surface area contributed by atoms with Crippen LogP contribution in [0.5, 0.6) is 0 Å². The highest BCUT2D eigenvalue weighted by Crippen LogP contribution is 2.22. The van der Waals surface area contributed by atoms with Gasteiger partial charge in [0.05, 0.1) is 11.4 Å². The molecule has 1 aromatic rings. The van der Waals surface area contributed by atoms with Crippen LogP contribution in [0.2, 0.25) is 0 Å². The van der Waals surface area contributed by atoms with E-state index in [1.165, 1.54) is 32.1 Å². The van der Waals surface area contributed by atoms with Crippen LogP contribution in [0.4, 0.5) is 0 Å². The van der Waals surface area contributed by atoms with E-state index in [1.807, 2.05) is 0 Å². The van der Waals surface area contributed by atoms with Gasteiger partial charge in [0.15, 0.2) is 0 Å². The van der Waals surface area contributed by atoms with E-state index >= 15 is 0 Å². The van der Waals surface area contributed by atoms with E-state index in [1.54, 1.807) is 19.9 Å². The fourth-order valence-electron chi connectivity index (χ4n) is 2.66. The van der Waals surface area contributed by atoms with E-state index < -0.39 is 16.0 Å². The first kappa shape index (κ1) is 16.2. The van der Waals surface area contributed by atoms with Gasteiger partial charge in [0, 0.05) is 23.4 Å². The molecule has 0 unspecified atom stereocenters. The predicted octanol–water partition coefficient (Wildman–Crippen LogP) is 2.32. The van der Waals surface area contributed by atoms with Gasteiger partial charge in [-0.05, 0) is 32.6 Å². The number of hydrogen-bond donors (Lipinski definition) is 1. The largest absolute Gasteiger partial charge is 0.361 e. The molecule has 1 N–H and O–H groups in total. The van der Waals surface area contributed by atoms with Gasteiger partial charge in [-0.25, -0.2) is 0 Å². The Morgan fingerprint density at radius 3 is 2.81 bits per heavy atom. The zero-order valence-electron chi connectivity index (χ0n) is 12.8. The molecule has 0 bridgehead atoms. The SMILES string of the molecule is Cc1cc(C[S@](=O)[C@@H](C)C(=O)NCC2CCCCC2)no1. The lowest BCUT2D eigenvalue weighted by molar-refractivity contribution is -0.120. The summed E-state index contributed by atoms with van der Waals surface area (Å²) in [5.41, 5.74) is 0.637. The molecule has 118 valence electrons. The third-order valence-corrected chi connectivity index (χ3v) is 5.60. The van der Waals surface area contributed by atoms with Crippen LogP contribution in [0, 0.1) is 12.8 Å². The summed E-state index contributed by atoms with van der Waals surface area (Å²) in [7, 11) is -1.27. The zero-order valence-corrected chi connectivity index (χ0v) is 13.6. The second-order valence-electron chi connectivity index (χ2n) is 5.85. The Hall–Kier alpha value is -1.17. The molecule has 0 radical (unpaired) electrons. The number of carbonyl (C=O) groups excluding carboxylic acids is 1. The van der Waals surface area contributed by atoms with E-state index in [-0.39, 0.29) is 11.7 Å². The molecule has 0 saturated heterocycles. The zero-order chi connectivity index (χ0) is 15.2. The summed E-state index contributed by atoms with van der Waals surface area (Å²) in [6, 6.07) is 1.75. The second-order valence-corrected chi connectivity index (χ2v) is 7.60. The quantitative estimate of drug-likeness (QED) is 0.875. The number of carbonyl (C=O) groups is 1. The topological polar surface area (TPSA) is 72.2 Å². The summed E-state index contributed by atoms with van der Waals surface area (Å²) in [4.78, 5) is 12.1. The Labute approximate surface area is 128 Å². The van der Waals surface area contributed by atoms with Gasteiger partial charge in [-0.3, -0.25) is 9.00 Å². The lowest BCUT2D eigenvalue weighted by Crippen LogP contribution is -2.38. The summed E-state index contributed by atoms with van der Waals surface area (Å²) < 4.78 is 17.1. The van der Waals surface area contributed by atoms with Gasteiger partial charge in [-0.2, -0.15) is 0 Å². The Balaban J connectivity index is 1.76. The van der Waals surface area contributed by atoms with Crippen LogP contribution in [-0.2, 0) is 21.3 Å². The van der Waals surface area contributed by atoms with Crippen LogP contribution in [0.15, 0.2) is 10.6 Å². The number of amides is 1. The van der Waals surface area contributed by atoms with Gasteiger partial charge in [-0.1, -0.05) is 24.4 Å². The first-order valence-corrected chi connectivity index (χ1v) is 9.01. The minimum absolute atomic E-state index is 0.126. The maximum Gasteiger partial charge on any atom is 0.235 e. The molecule has 1 saturated carbocycles. The van der Waals surface area contributed by atoms with Crippen molar-refractivity contribution >= 4 is 16.7 Å². The molecular weight excluding hydrogens is 288 g/mol. The summed E-state index contributed by atoms with van der Waals surface area (Å²) in [5, 5.41) is 6.24. The van der Waals surface area contributed by atoms with Crippen LogP contribution >= 0.6 is 0 Å². The van der Waals surface area contributed by atoms with Crippen molar-refractivity contribution in [2.45, 2.75) is 57.0 Å². The van der Waals surface area contributed by atoms with E-state index in [2.05, 4.69) is 10.5 Å². The number of hydrogen-bond acceptors (Lipinski definition) is 4. The Morgan fingerprint density at radius 2 is 2.19 bits per heavy atom. The molecule has 1 fully saturated rings. The first-order valence-electron chi connectivity index (χ1n) is 7.63. The molecule has 0 aliphatic heterocycles. The highest BCUT2D eigenvalue weighted by molar-refractivity contribution is 7.85. The highest BCUT2D eigenvalue weighted by atomic mass is 32.2. The fourth-order valence-corrected chi connectivity index (χ4v) is 3.66. The van der Waals surface area contributed by atoms with Crippen molar-refractivity contribution in [1.82, 2.24) is 10.5 Å². The maximum atomic E-state index is 12.2. The number of nitrogens with zero attached hydrogens (tertiary/aromatic N) is 1. The average Bonchev–Trinajstić information content (AvgIpc) is 2.90. The first-order chi connectivity index (χ1) is 10.1. The molecule has 21 heavy (non-hydrogen) atoms. The van der Waals surface area contributed by atoms with Crippen LogP contribution in [0.3, 0.4) is 0 Å². The smallest absolute Gasteiger partial charge is 0.235 e. The number of aryl methyl sites for hydroxylation is 1. The van der Waals surface area contributed by atoms with Gasteiger partial charge in [0.1, 0.15) is 11.0 Å². The predicted molar refractivity (Wildman–Crippen MR) is 82.1 cm³/mol. The van der Waals surface area contributed by atoms with Crippen LogP contribution in [-0.4, -0.2) is 27.1 Å². The van der Waals surface area contributed by atoms with Gasteiger partial charge >= 0.3 is 0 Å². The van der Waals surface area contributed by atoms with Crippen molar-refractivity contribution in [3.8, 4) is 0 Å². The highest BCUT2D eigenvalue weighted by Gasteiger charge is 2.22. The Bertz CT molecular complexity index is 495. The third-order valence-electron chi connectivity index (χ3n) is 4.02. The Morgan fingerprint density at radius 1 is 1.48 bits per heavy atom. The van der Waals surface area contributed by atoms with Crippen molar-refractivity contribution < 1.29 is 13.5 Å². The lowest BCUT2D eigenvalue weighted by atomic mass is 9.89. The molecule has 1 aliphatic rings. The second kappa shape index (κ2) is 7.73. The van der Waals surface area contributed by atoms with Crippen molar-refractivity contribution in [2.24, 2.45) is 5.92 Å². The summed E-state index contributed by atoms with van der Waals surface area (Å²) in [6.07, 6.45) is 6.20. The van der Waals surface area contributed by atoms with Crippen molar-refractivity contribution in [3.63, 3.8) is 0 Å². The maximum absolute atomic E-state index is 12.2. The van der Waals surface area contributed by atoms with E-state index in [0.717, 1.165) is 0 Å². The van der Waals surface area contributed by atoms with Crippen molar-refractivity contribution in [1.29, 1.82) is 0 Å². The molecular formula is C15H24N2O3S. The summed E-state index contributed by atoms with van der Waals surface area (Å²) in [5.74, 6) is 1.41. The molecule has 6 heteroatoms. The van der Waals surface area contributed by atoms with Crippen molar-refractivity contribution in [2.75, 3.05) is 6.54 Å². The minimum atomic E-state index is -1.27. The van der Waals surface area contributed by atoms with Crippen molar-refractivity contribution in [3.05, 3.63) is 17.5 Å². The molecule has 2 rings (SSSR count). The monoisotopic (exact) mass is 312 g/mol. The van der Waals surface area contributed by atoms with E-state index in [0.29, 0.717) is 23.9 Å². The molecule has 1 heterocycles. The average molecular weight is 312 g/mol. The lowest BCUT2D eigenvalue weighted by Gasteiger charge is -2.22. The molecule has 1 aliphatic carbocycles. The van der Waals surface area contributed by atoms with Gasteiger partial charge < -0.3 is 9.84 Å².